The molecule has 0 amide bonds. The summed E-state index contributed by atoms with van der Waals surface area (Å²) in [5.74, 6) is 0. The van der Waals surface area contributed by atoms with Gasteiger partial charge >= 0.3 is 0 Å². The third-order valence-corrected chi connectivity index (χ3v) is 4.15. The Morgan fingerprint density at radius 1 is 1.00 bits per heavy atom. The van der Waals surface area contributed by atoms with Crippen LogP contribution in [0.25, 0.3) is 0 Å². The number of aliphatic hydroxyl groups excluding tert-OH is 1. The second kappa shape index (κ2) is 6.21. The molecule has 1 saturated heterocycles. The summed E-state index contributed by atoms with van der Waals surface area (Å²) in [6, 6.07) is 20.8. The average molecular weight is 267 g/mol. The summed E-state index contributed by atoms with van der Waals surface area (Å²) >= 11 is 0. The van der Waals surface area contributed by atoms with Crippen molar-refractivity contribution < 1.29 is 5.11 Å². The van der Waals surface area contributed by atoms with Crippen molar-refractivity contribution in [3.05, 3.63) is 71.8 Å². The lowest BCUT2D eigenvalue weighted by molar-refractivity contribution is 0.0688. The predicted octanol–water partition coefficient (Wildman–Crippen LogP) is 3.38. The van der Waals surface area contributed by atoms with E-state index in [1.807, 2.05) is 36.4 Å². The molecule has 0 saturated carbocycles. The number of aliphatic hydroxyl groups is 1. The zero-order chi connectivity index (χ0) is 13.8. The molecule has 0 aromatic heterocycles. The number of benzene rings is 2. The second-order valence-corrected chi connectivity index (χ2v) is 5.52. The van der Waals surface area contributed by atoms with E-state index in [4.69, 9.17) is 0 Å². The Labute approximate surface area is 120 Å². The maximum Gasteiger partial charge on any atom is 0.0945 e. The van der Waals surface area contributed by atoms with E-state index in [2.05, 4.69) is 29.2 Å². The standard InChI is InChI=1S/C18H21NO/c20-18(16-10-5-2-6-11-16)17-12-7-13-19(17)14-15-8-3-1-4-9-15/h1-6,8-11,17-18,20H,7,12-14H2. The van der Waals surface area contributed by atoms with Gasteiger partial charge in [0.15, 0.2) is 0 Å². The Morgan fingerprint density at radius 3 is 2.35 bits per heavy atom. The molecule has 1 heterocycles. The average Bonchev–Trinajstić information content (AvgIpc) is 2.96. The van der Waals surface area contributed by atoms with E-state index in [0.29, 0.717) is 0 Å². The van der Waals surface area contributed by atoms with E-state index < -0.39 is 0 Å². The Bertz CT molecular complexity index is 526. The van der Waals surface area contributed by atoms with Crippen LogP contribution < -0.4 is 0 Å². The smallest absolute Gasteiger partial charge is 0.0945 e. The molecular weight excluding hydrogens is 246 g/mol. The molecule has 0 aliphatic carbocycles. The lowest BCUT2D eigenvalue weighted by Gasteiger charge is -2.29. The molecular formula is C18H21NO. The van der Waals surface area contributed by atoms with Gasteiger partial charge in [-0.2, -0.15) is 0 Å². The van der Waals surface area contributed by atoms with Gasteiger partial charge in [0, 0.05) is 12.6 Å². The highest BCUT2D eigenvalue weighted by Crippen LogP contribution is 2.30. The second-order valence-electron chi connectivity index (χ2n) is 5.52. The first-order valence-corrected chi connectivity index (χ1v) is 7.35. The van der Waals surface area contributed by atoms with Crippen molar-refractivity contribution >= 4 is 0 Å². The van der Waals surface area contributed by atoms with E-state index in [0.717, 1.165) is 25.1 Å². The third kappa shape index (κ3) is 2.92. The molecule has 1 N–H and O–H groups in total. The number of rotatable bonds is 4. The largest absolute Gasteiger partial charge is 0.387 e. The van der Waals surface area contributed by atoms with Crippen LogP contribution in [-0.2, 0) is 6.54 Å². The monoisotopic (exact) mass is 267 g/mol. The SMILES string of the molecule is OC(c1ccccc1)C1CCCN1Cc1ccccc1. The fourth-order valence-corrected chi connectivity index (χ4v) is 3.10. The maximum atomic E-state index is 10.6. The highest BCUT2D eigenvalue weighted by atomic mass is 16.3. The van der Waals surface area contributed by atoms with Gasteiger partial charge in [0.2, 0.25) is 0 Å². The van der Waals surface area contributed by atoms with E-state index in [1.165, 1.54) is 12.0 Å². The zero-order valence-electron chi connectivity index (χ0n) is 11.7. The van der Waals surface area contributed by atoms with Crippen molar-refractivity contribution in [2.45, 2.75) is 31.5 Å². The highest BCUT2D eigenvalue weighted by Gasteiger charge is 2.31. The fourth-order valence-electron chi connectivity index (χ4n) is 3.10. The number of nitrogens with zero attached hydrogens (tertiary/aromatic N) is 1. The number of likely N-dealkylation sites (tertiary alicyclic amines) is 1. The fraction of sp³-hybridized carbons (Fsp3) is 0.333. The summed E-state index contributed by atoms with van der Waals surface area (Å²) in [5.41, 5.74) is 2.34. The van der Waals surface area contributed by atoms with E-state index in [-0.39, 0.29) is 12.1 Å². The first kappa shape index (κ1) is 13.3. The van der Waals surface area contributed by atoms with Crippen LogP contribution >= 0.6 is 0 Å². The highest BCUT2D eigenvalue weighted by molar-refractivity contribution is 5.20. The quantitative estimate of drug-likeness (QED) is 0.918. The van der Waals surface area contributed by atoms with Crippen molar-refractivity contribution in [1.29, 1.82) is 0 Å². The van der Waals surface area contributed by atoms with Crippen molar-refractivity contribution in [3.63, 3.8) is 0 Å². The lowest BCUT2D eigenvalue weighted by Crippen LogP contribution is -2.34. The van der Waals surface area contributed by atoms with E-state index in [9.17, 15) is 5.11 Å². The lowest BCUT2D eigenvalue weighted by atomic mass is 10.00. The van der Waals surface area contributed by atoms with Crippen molar-refractivity contribution in [2.24, 2.45) is 0 Å². The Hall–Kier alpha value is -1.64. The van der Waals surface area contributed by atoms with Crippen molar-refractivity contribution in [3.8, 4) is 0 Å². The molecule has 2 heteroatoms. The predicted molar refractivity (Wildman–Crippen MR) is 81.3 cm³/mol. The van der Waals surface area contributed by atoms with Crippen LogP contribution in [0, 0.1) is 0 Å². The van der Waals surface area contributed by atoms with E-state index in [1.54, 1.807) is 0 Å². The third-order valence-electron chi connectivity index (χ3n) is 4.15. The van der Waals surface area contributed by atoms with Gasteiger partial charge in [-0.15, -0.1) is 0 Å². The van der Waals surface area contributed by atoms with Crippen LogP contribution in [0.15, 0.2) is 60.7 Å². The minimum atomic E-state index is -0.387. The van der Waals surface area contributed by atoms with Crippen molar-refractivity contribution in [1.82, 2.24) is 4.90 Å². The first-order valence-electron chi connectivity index (χ1n) is 7.35. The van der Waals surface area contributed by atoms with Crippen LogP contribution in [0.3, 0.4) is 0 Å². The van der Waals surface area contributed by atoms with Gasteiger partial charge in [-0.05, 0) is 30.5 Å². The summed E-state index contributed by atoms with van der Waals surface area (Å²) in [7, 11) is 0. The minimum Gasteiger partial charge on any atom is -0.387 e. The van der Waals surface area contributed by atoms with Gasteiger partial charge < -0.3 is 5.11 Å². The normalized spacial score (nSPS) is 20.9. The van der Waals surface area contributed by atoms with Gasteiger partial charge in [-0.3, -0.25) is 4.90 Å². The molecule has 2 aromatic carbocycles. The molecule has 0 spiro atoms. The van der Waals surface area contributed by atoms with Crippen LogP contribution in [0.2, 0.25) is 0 Å². The summed E-state index contributed by atoms with van der Waals surface area (Å²) in [6.07, 6.45) is 1.85. The van der Waals surface area contributed by atoms with Gasteiger partial charge in [-0.25, -0.2) is 0 Å². The van der Waals surface area contributed by atoms with Crippen LogP contribution in [-0.4, -0.2) is 22.6 Å². The number of hydrogen-bond acceptors (Lipinski definition) is 2. The molecule has 2 atom stereocenters. The number of hydrogen-bond donors (Lipinski definition) is 1. The topological polar surface area (TPSA) is 23.5 Å². The molecule has 104 valence electrons. The summed E-state index contributed by atoms with van der Waals surface area (Å²) in [4.78, 5) is 2.41. The van der Waals surface area contributed by atoms with Gasteiger partial charge in [0.05, 0.1) is 6.10 Å². The molecule has 3 rings (SSSR count). The van der Waals surface area contributed by atoms with Crippen molar-refractivity contribution in [2.75, 3.05) is 6.54 Å². The molecule has 0 radical (unpaired) electrons. The van der Waals surface area contributed by atoms with Gasteiger partial charge in [-0.1, -0.05) is 60.7 Å². The van der Waals surface area contributed by atoms with Gasteiger partial charge in [0.1, 0.15) is 0 Å². The molecule has 20 heavy (non-hydrogen) atoms. The molecule has 1 aliphatic heterocycles. The minimum absolute atomic E-state index is 0.234. The van der Waals surface area contributed by atoms with Crippen LogP contribution in [0.1, 0.15) is 30.1 Å². The van der Waals surface area contributed by atoms with Crippen LogP contribution in [0.5, 0.6) is 0 Å². The molecule has 1 fully saturated rings. The molecule has 2 nitrogen and oxygen atoms in total. The van der Waals surface area contributed by atoms with Gasteiger partial charge in [0.25, 0.3) is 0 Å². The first-order chi connectivity index (χ1) is 9.84. The molecule has 1 aliphatic rings. The molecule has 2 unspecified atom stereocenters. The Morgan fingerprint density at radius 2 is 1.65 bits per heavy atom. The Balaban J connectivity index is 1.72. The maximum absolute atomic E-state index is 10.6. The summed E-state index contributed by atoms with van der Waals surface area (Å²) < 4.78 is 0. The van der Waals surface area contributed by atoms with E-state index >= 15 is 0 Å². The molecule has 0 bridgehead atoms. The summed E-state index contributed by atoms with van der Waals surface area (Å²) in [6.45, 7) is 2.00. The summed E-state index contributed by atoms with van der Waals surface area (Å²) in [5, 5.41) is 10.6. The van der Waals surface area contributed by atoms with Crippen LogP contribution in [0.4, 0.5) is 0 Å². The zero-order valence-corrected chi connectivity index (χ0v) is 11.7. The Kier molecular flexibility index (Phi) is 4.14. The molecule has 2 aromatic rings.